The van der Waals surface area contributed by atoms with Crippen molar-refractivity contribution in [1.82, 2.24) is 10.6 Å². The summed E-state index contributed by atoms with van der Waals surface area (Å²) in [6.07, 6.45) is 0.726. The highest BCUT2D eigenvalue weighted by Gasteiger charge is 2.07. The number of hydrogen-bond donors (Lipinski definition) is 2. The van der Waals surface area contributed by atoms with Gasteiger partial charge in [-0.05, 0) is 41.8 Å². The number of nitrogens with one attached hydrogen (secondary N) is 2. The minimum atomic E-state index is -0.387. The van der Waals surface area contributed by atoms with Gasteiger partial charge in [0, 0.05) is 6.54 Å². The lowest BCUT2D eigenvalue weighted by Gasteiger charge is -2.08. The number of hydrogen-bond acceptors (Lipinski definition) is 3. The number of benzene rings is 2. The molecular formula is C19H21FN2O3. The molecule has 2 N–H and O–H groups in total. The maximum Gasteiger partial charge on any atom is 0.239 e. The molecule has 0 saturated heterocycles. The second-order valence-corrected chi connectivity index (χ2v) is 5.53. The predicted octanol–water partition coefficient (Wildman–Crippen LogP) is 1.85. The number of amides is 2. The molecule has 0 aromatic heterocycles. The quantitative estimate of drug-likeness (QED) is 0.768. The summed E-state index contributed by atoms with van der Waals surface area (Å²) < 4.78 is 18.1. The fourth-order valence-electron chi connectivity index (χ4n) is 2.27. The summed E-state index contributed by atoms with van der Waals surface area (Å²) in [5, 5.41) is 5.27. The highest BCUT2D eigenvalue weighted by Crippen LogP contribution is 2.11. The fraction of sp³-hybridized carbons (Fsp3) is 0.263. The van der Waals surface area contributed by atoms with Gasteiger partial charge in [0.25, 0.3) is 0 Å². The number of carbonyl (C=O) groups is 2. The Bertz CT molecular complexity index is 717. The van der Waals surface area contributed by atoms with Crippen molar-refractivity contribution in [1.29, 1.82) is 0 Å². The molecule has 132 valence electrons. The van der Waals surface area contributed by atoms with Crippen LogP contribution in [0.5, 0.6) is 5.75 Å². The van der Waals surface area contributed by atoms with Crippen LogP contribution in [0.4, 0.5) is 4.39 Å². The molecule has 0 fully saturated rings. The van der Waals surface area contributed by atoms with E-state index in [1.807, 2.05) is 24.3 Å². The molecule has 2 aromatic rings. The lowest BCUT2D eigenvalue weighted by atomic mass is 10.1. The third-order valence-electron chi connectivity index (χ3n) is 3.59. The third-order valence-corrected chi connectivity index (χ3v) is 3.59. The van der Waals surface area contributed by atoms with E-state index in [-0.39, 0.29) is 30.6 Å². The van der Waals surface area contributed by atoms with Crippen LogP contribution in [-0.4, -0.2) is 32.0 Å². The van der Waals surface area contributed by atoms with Crippen LogP contribution in [0.25, 0.3) is 0 Å². The largest absolute Gasteiger partial charge is 0.497 e. The van der Waals surface area contributed by atoms with Crippen molar-refractivity contribution in [3.05, 3.63) is 65.5 Å². The van der Waals surface area contributed by atoms with E-state index in [4.69, 9.17) is 4.74 Å². The molecule has 0 aliphatic carbocycles. The molecule has 0 aliphatic rings. The van der Waals surface area contributed by atoms with Crippen LogP contribution in [0.15, 0.2) is 48.5 Å². The van der Waals surface area contributed by atoms with Crippen molar-refractivity contribution in [2.45, 2.75) is 12.8 Å². The van der Waals surface area contributed by atoms with Crippen LogP contribution in [0, 0.1) is 5.82 Å². The number of rotatable bonds is 8. The Morgan fingerprint density at radius 2 is 1.76 bits per heavy atom. The van der Waals surface area contributed by atoms with Crippen molar-refractivity contribution in [2.24, 2.45) is 0 Å². The van der Waals surface area contributed by atoms with Crippen molar-refractivity contribution in [3.63, 3.8) is 0 Å². The molecule has 0 heterocycles. The molecule has 0 saturated carbocycles. The lowest BCUT2D eigenvalue weighted by Crippen LogP contribution is -2.38. The van der Waals surface area contributed by atoms with Crippen LogP contribution in [0.3, 0.4) is 0 Å². The minimum absolute atomic E-state index is 0.0386. The van der Waals surface area contributed by atoms with Gasteiger partial charge in [-0.25, -0.2) is 4.39 Å². The Morgan fingerprint density at radius 3 is 2.44 bits per heavy atom. The summed E-state index contributed by atoms with van der Waals surface area (Å²) in [6.45, 7) is 0.377. The molecule has 5 nitrogen and oxygen atoms in total. The molecule has 2 aromatic carbocycles. The Labute approximate surface area is 146 Å². The number of halogens is 1. The molecule has 0 atom stereocenters. The number of ether oxygens (including phenoxy) is 1. The Morgan fingerprint density at radius 1 is 1.00 bits per heavy atom. The normalized spacial score (nSPS) is 10.2. The zero-order chi connectivity index (χ0) is 18.1. The average Bonchev–Trinajstić information content (AvgIpc) is 2.60. The first-order valence-electron chi connectivity index (χ1n) is 7.97. The maximum absolute atomic E-state index is 13.1. The number of methoxy groups -OCH3 is 1. The molecule has 0 spiro atoms. The summed E-state index contributed by atoms with van der Waals surface area (Å²) in [5.41, 5.74) is 1.65. The molecule has 0 bridgehead atoms. The van der Waals surface area contributed by atoms with Gasteiger partial charge in [-0.1, -0.05) is 24.3 Å². The molecule has 6 heteroatoms. The van der Waals surface area contributed by atoms with Gasteiger partial charge in [0.05, 0.1) is 20.1 Å². The summed E-state index contributed by atoms with van der Waals surface area (Å²) >= 11 is 0. The van der Waals surface area contributed by atoms with E-state index in [2.05, 4.69) is 10.6 Å². The van der Waals surface area contributed by atoms with E-state index in [0.29, 0.717) is 18.5 Å². The third kappa shape index (κ3) is 6.63. The fourth-order valence-corrected chi connectivity index (χ4v) is 2.27. The van der Waals surface area contributed by atoms with E-state index in [9.17, 15) is 14.0 Å². The van der Waals surface area contributed by atoms with Crippen LogP contribution in [0.2, 0.25) is 0 Å². The van der Waals surface area contributed by atoms with E-state index in [1.165, 1.54) is 12.1 Å². The monoisotopic (exact) mass is 344 g/mol. The summed E-state index contributed by atoms with van der Waals surface area (Å²) in [4.78, 5) is 23.5. The summed E-state index contributed by atoms with van der Waals surface area (Å²) in [5.74, 6) is -0.188. The topological polar surface area (TPSA) is 67.4 Å². The molecule has 0 unspecified atom stereocenters. The van der Waals surface area contributed by atoms with Crippen molar-refractivity contribution in [2.75, 3.05) is 20.2 Å². The second kappa shape index (κ2) is 9.42. The Kier molecular flexibility index (Phi) is 6.95. The highest BCUT2D eigenvalue weighted by atomic mass is 19.1. The molecular weight excluding hydrogens is 323 g/mol. The first kappa shape index (κ1) is 18.4. The zero-order valence-electron chi connectivity index (χ0n) is 14.0. The van der Waals surface area contributed by atoms with Gasteiger partial charge in [0.2, 0.25) is 11.8 Å². The van der Waals surface area contributed by atoms with Gasteiger partial charge in [0.15, 0.2) is 0 Å². The van der Waals surface area contributed by atoms with Gasteiger partial charge < -0.3 is 15.4 Å². The zero-order valence-corrected chi connectivity index (χ0v) is 14.0. The predicted molar refractivity (Wildman–Crippen MR) is 92.8 cm³/mol. The van der Waals surface area contributed by atoms with Crippen molar-refractivity contribution in [3.8, 4) is 5.75 Å². The number of carbonyl (C=O) groups excluding carboxylic acids is 2. The van der Waals surface area contributed by atoms with Gasteiger partial charge in [-0.2, -0.15) is 0 Å². The van der Waals surface area contributed by atoms with E-state index in [0.717, 1.165) is 11.3 Å². The SMILES string of the molecule is COc1ccc(CCNC(=O)CNC(=O)Cc2cccc(F)c2)cc1. The van der Waals surface area contributed by atoms with Gasteiger partial charge in [-0.3, -0.25) is 9.59 Å². The first-order chi connectivity index (χ1) is 12.1. The minimum Gasteiger partial charge on any atom is -0.497 e. The smallest absolute Gasteiger partial charge is 0.239 e. The van der Waals surface area contributed by atoms with Crippen molar-refractivity contribution >= 4 is 11.8 Å². The van der Waals surface area contributed by atoms with Crippen LogP contribution in [0.1, 0.15) is 11.1 Å². The van der Waals surface area contributed by atoms with Gasteiger partial charge in [-0.15, -0.1) is 0 Å². The van der Waals surface area contributed by atoms with Crippen LogP contribution < -0.4 is 15.4 Å². The standard InChI is InChI=1S/C19H21FN2O3/c1-25-17-7-5-14(6-8-17)9-10-21-19(24)13-22-18(23)12-15-3-2-4-16(20)11-15/h2-8,11H,9-10,12-13H2,1H3,(H,21,24)(H,22,23). The molecule has 2 amide bonds. The summed E-state index contributed by atoms with van der Waals surface area (Å²) in [6, 6.07) is 13.4. The van der Waals surface area contributed by atoms with E-state index in [1.54, 1.807) is 19.2 Å². The van der Waals surface area contributed by atoms with Crippen LogP contribution >= 0.6 is 0 Å². The summed E-state index contributed by atoms with van der Waals surface area (Å²) in [7, 11) is 1.61. The van der Waals surface area contributed by atoms with E-state index < -0.39 is 0 Å². The van der Waals surface area contributed by atoms with Crippen molar-refractivity contribution < 1.29 is 18.7 Å². The van der Waals surface area contributed by atoms with E-state index >= 15 is 0 Å². The lowest BCUT2D eigenvalue weighted by molar-refractivity contribution is -0.125. The average molecular weight is 344 g/mol. The van der Waals surface area contributed by atoms with Gasteiger partial charge in [0.1, 0.15) is 11.6 Å². The molecule has 0 radical (unpaired) electrons. The highest BCUT2D eigenvalue weighted by molar-refractivity contribution is 5.85. The molecule has 2 rings (SSSR count). The molecule has 0 aliphatic heterocycles. The van der Waals surface area contributed by atoms with Crippen LogP contribution in [-0.2, 0) is 22.4 Å². The Balaban J connectivity index is 1.65. The maximum atomic E-state index is 13.1. The Hall–Kier alpha value is -2.89. The molecule has 25 heavy (non-hydrogen) atoms. The first-order valence-corrected chi connectivity index (χ1v) is 7.97. The second-order valence-electron chi connectivity index (χ2n) is 5.53. The van der Waals surface area contributed by atoms with Gasteiger partial charge >= 0.3 is 0 Å².